The summed E-state index contributed by atoms with van der Waals surface area (Å²) in [7, 11) is 0. The molecule has 1 fully saturated rings. The van der Waals surface area contributed by atoms with Gasteiger partial charge in [0.25, 0.3) is 5.91 Å². The molecule has 4 rings (SSSR count). The minimum absolute atomic E-state index is 0.0137. The number of likely N-dealkylation sites (tertiary alicyclic amines) is 1. The van der Waals surface area contributed by atoms with Gasteiger partial charge in [0.1, 0.15) is 5.75 Å². The summed E-state index contributed by atoms with van der Waals surface area (Å²) >= 11 is 0. The third-order valence-electron chi connectivity index (χ3n) is 6.21. The Balaban J connectivity index is 1.33. The van der Waals surface area contributed by atoms with Crippen LogP contribution in [0.4, 0.5) is 0 Å². The molecule has 3 aromatic rings. The average molecular weight is 441 g/mol. The number of hydrogen-bond acceptors (Lipinski definition) is 3. The van der Waals surface area contributed by atoms with Crippen LogP contribution in [0.2, 0.25) is 0 Å². The largest absolute Gasteiger partial charge is 0.508 e. The molecule has 0 spiro atoms. The van der Waals surface area contributed by atoms with Gasteiger partial charge in [0, 0.05) is 25.2 Å². The van der Waals surface area contributed by atoms with E-state index in [4.69, 9.17) is 0 Å². The van der Waals surface area contributed by atoms with Gasteiger partial charge in [-0.1, -0.05) is 72.8 Å². The average Bonchev–Trinajstić information content (AvgIpc) is 2.85. The van der Waals surface area contributed by atoms with E-state index in [1.165, 1.54) is 11.1 Å². The van der Waals surface area contributed by atoms with E-state index in [0.717, 1.165) is 50.0 Å². The molecule has 0 aliphatic carbocycles. The summed E-state index contributed by atoms with van der Waals surface area (Å²) in [5.74, 6) is 0.716. The summed E-state index contributed by atoms with van der Waals surface area (Å²) in [4.78, 5) is 15.3. The van der Waals surface area contributed by atoms with E-state index in [1.807, 2.05) is 48.5 Å². The summed E-state index contributed by atoms with van der Waals surface area (Å²) in [5.41, 5.74) is 4.17. The topological polar surface area (TPSA) is 52.6 Å². The van der Waals surface area contributed by atoms with Crippen LogP contribution in [0.1, 0.15) is 52.2 Å². The zero-order valence-corrected chi connectivity index (χ0v) is 19.0. The Kier molecular flexibility index (Phi) is 7.94. The Morgan fingerprint density at radius 1 is 1.03 bits per heavy atom. The molecule has 1 heterocycles. The summed E-state index contributed by atoms with van der Waals surface area (Å²) in [6, 6.07) is 25.7. The number of aromatic hydroxyl groups is 1. The van der Waals surface area contributed by atoms with Crippen LogP contribution in [0.3, 0.4) is 0 Å². The zero-order valence-electron chi connectivity index (χ0n) is 19.0. The van der Waals surface area contributed by atoms with Crippen molar-refractivity contribution in [3.05, 3.63) is 107 Å². The lowest BCUT2D eigenvalue weighted by atomic mass is 9.90. The zero-order chi connectivity index (χ0) is 22.9. The second-order valence-corrected chi connectivity index (χ2v) is 8.68. The first-order valence-electron chi connectivity index (χ1n) is 11.8. The lowest BCUT2D eigenvalue weighted by molar-refractivity contribution is 0.0951. The number of amides is 1. The molecular formula is C29H32N2O2. The first kappa shape index (κ1) is 22.8. The molecule has 1 atom stereocenters. The number of piperidine rings is 1. The highest BCUT2D eigenvalue weighted by Gasteiger charge is 2.23. The maximum atomic E-state index is 12.9. The quantitative estimate of drug-likeness (QED) is 0.448. The summed E-state index contributed by atoms with van der Waals surface area (Å²) in [6.45, 7) is 3.33. The summed E-state index contributed by atoms with van der Waals surface area (Å²) in [5, 5.41) is 12.9. The van der Waals surface area contributed by atoms with E-state index in [0.29, 0.717) is 18.2 Å². The van der Waals surface area contributed by atoms with Crippen molar-refractivity contribution >= 4 is 12.0 Å². The molecule has 0 radical (unpaired) electrons. The predicted octanol–water partition coefficient (Wildman–Crippen LogP) is 5.61. The fourth-order valence-corrected chi connectivity index (χ4v) is 4.52. The highest BCUT2D eigenvalue weighted by molar-refractivity contribution is 5.95. The molecule has 0 aromatic heterocycles. The number of nitrogens with zero attached hydrogens (tertiary/aromatic N) is 1. The smallest absolute Gasteiger partial charge is 0.251 e. The number of hydrogen-bond donors (Lipinski definition) is 2. The van der Waals surface area contributed by atoms with Crippen molar-refractivity contribution in [3.8, 4) is 5.75 Å². The van der Waals surface area contributed by atoms with Gasteiger partial charge in [-0.3, -0.25) is 9.69 Å². The molecule has 33 heavy (non-hydrogen) atoms. The fraction of sp³-hybridized carbons (Fsp3) is 0.276. The normalized spacial score (nSPS) is 16.7. The van der Waals surface area contributed by atoms with Gasteiger partial charge in [-0.15, -0.1) is 0 Å². The first-order chi connectivity index (χ1) is 16.2. The van der Waals surface area contributed by atoms with Crippen LogP contribution in [-0.4, -0.2) is 35.5 Å². The Labute approximate surface area is 196 Å². The Morgan fingerprint density at radius 3 is 2.70 bits per heavy atom. The van der Waals surface area contributed by atoms with E-state index >= 15 is 0 Å². The number of nitrogens with one attached hydrogen (secondary N) is 1. The molecule has 1 aliphatic heterocycles. The van der Waals surface area contributed by atoms with Crippen molar-refractivity contribution < 1.29 is 9.90 Å². The van der Waals surface area contributed by atoms with E-state index in [-0.39, 0.29) is 5.91 Å². The van der Waals surface area contributed by atoms with Gasteiger partial charge in [0.05, 0.1) is 0 Å². The lowest BCUT2D eigenvalue weighted by Gasteiger charge is -2.33. The van der Waals surface area contributed by atoms with Gasteiger partial charge in [0.15, 0.2) is 0 Å². The second-order valence-electron chi connectivity index (χ2n) is 8.68. The third kappa shape index (κ3) is 6.56. The molecule has 0 bridgehead atoms. The first-order valence-corrected chi connectivity index (χ1v) is 11.8. The molecule has 1 saturated heterocycles. The number of phenolic OH excluding ortho intramolecular Hbond substituents is 1. The standard InChI is InChI=1S/C29H32N2O2/c32-27-16-8-14-24(20-27)25-15-9-19-31(21-25)22-26-13-4-5-17-28(26)29(33)30-18-7-6-12-23-10-2-1-3-11-23/h1-6,8,10-14,16-17,20,25,32H,7,9,15,18-19,21-22H2,(H,30,33). The Morgan fingerprint density at radius 2 is 1.85 bits per heavy atom. The van der Waals surface area contributed by atoms with Gasteiger partial charge < -0.3 is 10.4 Å². The summed E-state index contributed by atoms with van der Waals surface area (Å²) in [6.07, 6.45) is 7.21. The van der Waals surface area contributed by atoms with Gasteiger partial charge in [-0.25, -0.2) is 0 Å². The van der Waals surface area contributed by atoms with Crippen molar-refractivity contribution in [1.29, 1.82) is 0 Å². The highest BCUT2D eigenvalue weighted by Crippen LogP contribution is 2.29. The molecule has 4 heteroatoms. The number of carbonyl (C=O) groups is 1. The van der Waals surface area contributed by atoms with Crippen LogP contribution in [0.15, 0.2) is 84.9 Å². The van der Waals surface area contributed by atoms with Gasteiger partial charge in [-0.05, 0) is 66.6 Å². The molecule has 1 aliphatic rings. The monoisotopic (exact) mass is 440 g/mol. The van der Waals surface area contributed by atoms with Crippen LogP contribution in [-0.2, 0) is 6.54 Å². The highest BCUT2D eigenvalue weighted by atomic mass is 16.3. The van der Waals surface area contributed by atoms with Crippen molar-refractivity contribution in [2.75, 3.05) is 19.6 Å². The van der Waals surface area contributed by atoms with Crippen LogP contribution < -0.4 is 5.32 Å². The van der Waals surface area contributed by atoms with E-state index < -0.39 is 0 Å². The minimum Gasteiger partial charge on any atom is -0.508 e. The lowest BCUT2D eigenvalue weighted by Crippen LogP contribution is -2.35. The van der Waals surface area contributed by atoms with E-state index in [1.54, 1.807) is 6.07 Å². The minimum atomic E-state index is -0.0137. The van der Waals surface area contributed by atoms with Gasteiger partial charge in [0.2, 0.25) is 0 Å². The number of benzene rings is 3. The summed E-state index contributed by atoms with van der Waals surface area (Å²) < 4.78 is 0. The SMILES string of the molecule is O=C(NCCC=Cc1ccccc1)c1ccccc1CN1CCCC(c2cccc(O)c2)C1. The van der Waals surface area contributed by atoms with Crippen LogP contribution in [0.25, 0.3) is 6.08 Å². The van der Waals surface area contributed by atoms with Crippen molar-refractivity contribution in [2.45, 2.75) is 31.7 Å². The number of carbonyl (C=O) groups excluding carboxylic acids is 1. The van der Waals surface area contributed by atoms with E-state index in [9.17, 15) is 9.90 Å². The van der Waals surface area contributed by atoms with Crippen LogP contribution in [0.5, 0.6) is 5.75 Å². The molecule has 4 nitrogen and oxygen atoms in total. The maximum Gasteiger partial charge on any atom is 0.251 e. The number of phenols is 1. The molecule has 3 aromatic carbocycles. The molecule has 1 amide bonds. The van der Waals surface area contributed by atoms with Gasteiger partial charge >= 0.3 is 0 Å². The van der Waals surface area contributed by atoms with Crippen molar-refractivity contribution in [1.82, 2.24) is 10.2 Å². The number of rotatable bonds is 8. The van der Waals surface area contributed by atoms with E-state index in [2.05, 4.69) is 46.6 Å². The van der Waals surface area contributed by atoms with Crippen LogP contribution in [0, 0.1) is 0 Å². The molecule has 1 unspecified atom stereocenters. The second kappa shape index (κ2) is 11.5. The van der Waals surface area contributed by atoms with Crippen molar-refractivity contribution in [2.24, 2.45) is 0 Å². The third-order valence-corrected chi connectivity index (χ3v) is 6.21. The Bertz CT molecular complexity index is 1080. The predicted molar refractivity (Wildman–Crippen MR) is 134 cm³/mol. The molecule has 2 N–H and O–H groups in total. The molecule has 170 valence electrons. The van der Waals surface area contributed by atoms with Gasteiger partial charge in [-0.2, -0.15) is 0 Å². The maximum absolute atomic E-state index is 12.9. The molecular weight excluding hydrogens is 408 g/mol. The van der Waals surface area contributed by atoms with Crippen LogP contribution >= 0.6 is 0 Å². The fourth-order valence-electron chi connectivity index (χ4n) is 4.52. The van der Waals surface area contributed by atoms with Crippen molar-refractivity contribution in [3.63, 3.8) is 0 Å². The molecule has 0 saturated carbocycles. The Hall–Kier alpha value is -3.37.